The Morgan fingerprint density at radius 1 is 1.19 bits per heavy atom. The van der Waals surface area contributed by atoms with Gasteiger partial charge in [-0.2, -0.15) is 17.9 Å². The summed E-state index contributed by atoms with van der Waals surface area (Å²) in [6.07, 6.45) is -7.33. The van der Waals surface area contributed by atoms with Crippen molar-refractivity contribution in [3.63, 3.8) is 0 Å². The van der Waals surface area contributed by atoms with Gasteiger partial charge < -0.3 is 5.32 Å². The molecule has 1 atom stereocenters. The van der Waals surface area contributed by atoms with Crippen LogP contribution in [0.25, 0.3) is 0 Å². The smallest absolute Gasteiger partial charge is 0.367 e. The van der Waals surface area contributed by atoms with E-state index in [4.69, 9.17) is 12.0 Å². The number of hydrogen-bond acceptors (Lipinski definition) is 5. The summed E-state index contributed by atoms with van der Waals surface area (Å²) in [5.41, 5.74) is -2.91. The molecule has 3 rings (SSSR count). The van der Waals surface area contributed by atoms with E-state index in [2.05, 4.69) is 5.32 Å². The maximum absolute atomic E-state index is 13.6. The molecule has 0 fully saturated rings. The van der Waals surface area contributed by atoms with E-state index >= 15 is 0 Å². The zero-order chi connectivity index (χ0) is 24.4. The highest BCUT2D eigenvalue weighted by Crippen LogP contribution is 2.41. The number of halogens is 3. The van der Waals surface area contributed by atoms with Crippen LogP contribution in [0.5, 0.6) is 0 Å². The lowest BCUT2D eigenvalue weighted by atomic mass is 10.1. The van der Waals surface area contributed by atoms with Crippen molar-refractivity contribution in [2.24, 2.45) is 5.14 Å². The van der Waals surface area contributed by atoms with Crippen LogP contribution in [-0.2, 0) is 32.6 Å². The maximum atomic E-state index is 13.6. The minimum atomic E-state index is -5.17. The Bertz CT molecular complexity index is 1320. The number of sulfonamides is 2. The summed E-state index contributed by atoms with van der Waals surface area (Å²) >= 11 is 0. The molecular formula is C15H14F3N3O4S2. The van der Waals surface area contributed by atoms with Gasteiger partial charge in [0.25, 0.3) is 0 Å². The minimum Gasteiger partial charge on any atom is -0.367 e. The van der Waals surface area contributed by atoms with Crippen molar-refractivity contribution in [2.45, 2.75) is 28.6 Å². The first kappa shape index (κ1) is 13.9. The average Bonchev–Trinajstić information content (AvgIpc) is 2.65. The van der Waals surface area contributed by atoms with Gasteiger partial charge in [-0.25, -0.2) is 22.0 Å². The SMILES string of the molecule is [2H]c1c([2H])c([2H])c(CC2Nc3c(C(F)(F)F)cc(S(N)(=O)=O)cc3S(=O)(=O)N2)c([2H])c1[2H]. The summed E-state index contributed by atoms with van der Waals surface area (Å²) in [6.45, 7) is 0. The zero-order valence-corrected chi connectivity index (χ0v) is 14.7. The van der Waals surface area contributed by atoms with E-state index in [0.717, 1.165) is 0 Å². The lowest BCUT2D eigenvalue weighted by molar-refractivity contribution is -0.137. The lowest BCUT2D eigenvalue weighted by Gasteiger charge is -2.30. The molecule has 1 aliphatic heterocycles. The number of nitrogens with two attached hydrogens (primary N) is 1. The minimum absolute atomic E-state index is 0.184. The second kappa shape index (κ2) is 6.48. The molecule has 7 nitrogen and oxygen atoms in total. The van der Waals surface area contributed by atoms with Crippen molar-refractivity contribution >= 4 is 25.7 Å². The first-order valence-electron chi connectivity index (χ1n) is 9.58. The molecule has 0 saturated heterocycles. The number of rotatable bonds is 3. The molecule has 0 amide bonds. The second-order valence-corrected chi connectivity index (χ2v) is 8.76. The molecule has 146 valence electrons. The molecule has 1 unspecified atom stereocenters. The molecule has 4 N–H and O–H groups in total. The predicted octanol–water partition coefficient (Wildman–Crippen LogP) is 1.63. The van der Waals surface area contributed by atoms with Crippen LogP contribution in [-0.4, -0.2) is 23.0 Å². The van der Waals surface area contributed by atoms with Gasteiger partial charge in [0, 0.05) is 6.42 Å². The number of hydrogen-bond donors (Lipinski definition) is 3. The summed E-state index contributed by atoms with van der Waals surface area (Å²) in [5, 5.41) is 7.15. The van der Waals surface area contributed by atoms with E-state index in [0.29, 0.717) is 6.07 Å². The number of benzene rings is 2. The van der Waals surface area contributed by atoms with Crippen LogP contribution in [0.3, 0.4) is 0 Å². The molecule has 12 heteroatoms. The third-order valence-corrected chi connectivity index (χ3v) is 5.96. The first-order valence-corrected chi connectivity index (χ1v) is 10.1. The van der Waals surface area contributed by atoms with Crippen LogP contribution in [0.4, 0.5) is 18.9 Å². The van der Waals surface area contributed by atoms with Crippen LogP contribution in [0.1, 0.15) is 18.0 Å². The van der Waals surface area contributed by atoms with E-state index in [9.17, 15) is 30.0 Å². The Morgan fingerprint density at radius 2 is 1.81 bits per heavy atom. The number of nitrogens with one attached hydrogen (secondary N) is 2. The molecule has 0 radical (unpaired) electrons. The van der Waals surface area contributed by atoms with Crippen molar-refractivity contribution in [2.75, 3.05) is 5.32 Å². The van der Waals surface area contributed by atoms with E-state index in [1.165, 1.54) is 0 Å². The second-order valence-electron chi connectivity index (χ2n) is 5.51. The highest BCUT2D eigenvalue weighted by Gasteiger charge is 2.41. The third kappa shape index (κ3) is 4.08. The van der Waals surface area contributed by atoms with Crippen LogP contribution in [0.2, 0.25) is 0 Å². The monoisotopic (exact) mass is 426 g/mol. The topological polar surface area (TPSA) is 118 Å². The third-order valence-electron chi connectivity index (χ3n) is 3.58. The Kier molecular flexibility index (Phi) is 3.34. The maximum Gasteiger partial charge on any atom is 0.418 e. The van der Waals surface area contributed by atoms with Crippen molar-refractivity contribution in [3.8, 4) is 0 Å². The van der Waals surface area contributed by atoms with E-state index in [1.807, 2.05) is 4.72 Å². The fraction of sp³-hybridized carbons (Fsp3) is 0.200. The van der Waals surface area contributed by atoms with E-state index in [-0.39, 0.29) is 11.6 Å². The van der Waals surface area contributed by atoms with E-state index in [1.54, 1.807) is 0 Å². The van der Waals surface area contributed by atoms with Gasteiger partial charge in [0.1, 0.15) is 4.90 Å². The summed E-state index contributed by atoms with van der Waals surface area (Å²) < 4.78 is 130. The van der Waals surface area contributed by atoms with Crippen LogP contribution < -0.4 is 15.2 Å². The summed E-state index contributed by atoms with van der Waals surface area (Å²) in [5.74, 6) is 0. The van der Waals surface area contributed by atoms with Gasteiger partial charge in [0.15, 0.2) is 0 Å². The van der Waals surface area contributed by atoms with Gasteiger partial charge in [-0.15, -0.1) is 0 Å². The lowest BCUT2D eigenvalue weighted by Crippen LogP contribution is -2.46. The number of primary sulfonamides is 1. The number of fused-ring (bicyclic) bond motifs is 1. The summed E-state index contributed by atoms with van der Waals surface area (Å²) in [6, 6.07) is -2.74. The molecule has 2 aromatic rings. The van der Waals surface area contributed by atoms with E-state index < -0.39 is 90.1 Å². The van der Waals surface area contributed by atoms with Crippen LogP contribution in [0.15, 0.2) is 52.1 Å². The molecule has 0 saturated carbocycles. The van der Waals surface area contributed by atoms with Crippen LogP contribution in [0, 0.1) is 0 Å². The zero-order valence-electron chi connectivity index (χ0n) is 18.1. The Labute approximate surface area is 160 Å². The Morgan fingerprint density at radius 3 is 2.37 bits per heavy atom. The van der Waals surface area contributed by atoms with Gasteiger partial charge in [-0.3, -0.25) is 0 Å². The summed E-state index contributed by atoms with van der Waals surface area (Å²) in [4.78, 5) is -2.09. The van der Waals surface area contributed by atoms with Crippen molar-refractivity contribution in [1.29, 1.82) is 0 Å². The fourth-order valence-electron chi connectivity index (χ4n) is 2.47. The molecule has 0 aromatic heterocycles. The number of alkyl halides is 3. The highest BCUT2D eigenvalue weighted by atomic mass is 32.2. The standard InChI is InChI=1S/C15H14F3N3O4S2/c16-15(17,18)11-7-10(26(19,22)23)8-12-14(11)20-13(21-27(12,24)25)6-9-4-2-1-3-5-9/h1-5,7-8,13,20-21H,6H2,(H2,19,22,23)/i1D,2D,3D,4D,5D. The molecule has 2 aromatic carbocycles. The Hall–Kier alpha value is -2.15. The van der Waals surface area contributed by atoms with Crippen molar-refractivity contribution in [3.05, 3.63) is 53.5 Å². The quantitative estimate of drug-likeness (QED) is 0.689. The van der Waals surface area contributed by atoms with Gasteiger partial charge in [-0.05, 0) is 17.7 Å². The average molecular weight is 426 g/mol. The molecule has 0 spiro atoms. The van der Waals surface area contributed by atoms with Gasteiger partial charge in [-0.1, -0.05) is 30.2 Å². The molecule has 0 aliphatic carbocycles. The first-order chi connectivity index (χ1) is 14.4. The molecule has 1 aliphatic rings. The molecule has 27 heavy (non-hydrogen) atoms. The number of anilines is 1. The van der Waals surface area contributed by atoms with Crippen molar-refractivity contribution in [1.82, 2.24) is 4.72 Å². The molecule has 0 bridgehead atoms. The fourth-order valence-corrected chi connectivity index (χ4v) is 4.47. The highest BCUT2D eigenvalue weighted by molar-refractivity contribution is 7.90. The normalized spacial score (nSPS) is 21.8. The Balaban J connectivity index is 2.18. The van der Waals surface area contributed by atoms with Gasteiger partial charge >= 0.3 is 6.18 Å². The van der Waals surface area contributed by atoms with Crippen molar-refractivity contribution < 1.29 is 36.9 Å². The molecular weight excluding hydrogens is 407 g/mol. The van der Waals surface area contributed by atoms with Gasteiger partial charge in [0.05, 0.1) is 29.2 Å². The predicted molar refractivity (Wildman–Crippen MR) is 90.7 cm³/mol. The van der Waals surface area contributed by atoms with Crippen LogP contribution >= 0.6 is 0 Å². The van der Waals surface area contributed by atoms with Gasteiger partial charge in [0.2, 0.25) is 20.0 Å². The largest absolute Gasteiger partial charge is 0.418 e. The molecule has 1 heterocycles. The summed E-state index contributed by atoms with van der Waals surface area (Å²) in [7, 11) is -9.40.